The smallest absolute Gasteiger partial charge is 0.144 e. The van der Waals surface area contributed by atoms with E-state index in [1.54, 1.807) is 18.3 Å². The summed E-state index contributed by atoms with van der Waals surface area (Å²) in [5.41, 5.74) is 0.624. The Morgan fingerprint density at radius 2 is 2.20 bits per heavy atom. The van der Waals surface area contributed by atoms with Crippen LogP contribution in [0.2, 0.25) is 0 Å². The first-order valence-electron chi connectivity index (χ1n) is 7.30. The summed E-state index contributed by atoms with van der Waals surface area (Å²) in [4.78, 5) is 6.81. The van der Waals surface area contributed by atoms with Crippen molar-refractivity contribution in [3.8, 4) is 6.07 Å². The maximum atomic E-state index is 9.08. The van der Waals surface area contributed by atoms with E-state index < -0.39 is 0 Å². The fourth-order valence-corrected chi connectivity index (χ4v) is 3.02. The van der Waals surface area contributed by atoms with E-state index in [1.165, 1.54) is 0 Å². The highest BCUT2D eigenvalue weighted by molar-refractivity contribution is 5.51. The third-order valence-electron chi connectivity index (χ3n) is 4.22. The normalized spacial score (nSPS) is 24.4. The molecule has 2 saturated heterocycles. The van der Waals surface area contributed by atoms with Crippen LogP contribution in [0.5, 0.6) is 0 Å². The molecule has 5 nitrogen and oxygen atoms in total. The van der Waals surface area contributed by atoms with E-state index >= 15 is 0 Å². The predicted molar refractivity (Wildman–Crippen MR) is 76.4 cm³/mol. The van der Waals surface area contributed by atoms with E-state index in [4.69, 9.17) is 10.00 Å². The summed E-state index contributed by atoms with van der Waals surface area (Å²) in [6.07, 6.45) is 5.08. The van der Waals surface area contributed by atoms with Gasteiger partial charge in [0.15, 0.2) is 0 Å². The van der Waals surface area contributed by atoms with E-state index in [0.29, 0.717) is 17.6 Å². The zero-order valence-corrected chi connectivity index (χ0v) is 11.6. The highest BCUT2D eigenvalue weighted by Gasteiger charge is 2.27. The average molecular weight is 272 g/mol. The van der Waals surface area contributed by atoms with E-state index in [0.717, 1.165) is 51.4 Å². The number of aromatic nitrogens is 1. The standard InChI is InChI=1S/C15H20N4O/c16-10-12-2-1-6-17-15(12)18-13-3-7-19(8-4-13)14-5-9-20-11-14/h1-2,6,13-14H,3-5,7-9,11H2,(H,17,18). The van der Waals surface area contributed by atoms with Gasteiger partial charge in [-0.15, -0.1) is 0 Å². The number of hydrogen-bond donors (Lipinski definition) is 1. The van der Waals surface area contributed by atoms with Crippen molar-refractivity contribution in [3.05, 3.63) is 23.9 Å². The second kappa shape index (κ2) is 6.21. The monoisotopic (exact) mass is 272 g/mol. The first-order valence-corrected chi connectivity index (χ1v) is 7.30. The highest BCUT2D eigenvalue weighted by atomic mass is 16.5. The summed E-state index contributed by atoms with van der Waals surface area (Å²) in [6.45, 7) is 3.99. The molecule has 5 heteroatoms. The molecule has 2 fully saturated rings. The zero-order valence-electron chi connectivity index (χ0n) is 11.6. The second-order valence-corrected chi connectivity index (χ2v) is 5.48. The van der Waals surface area contributed by atoms with E-state index in [1.807, 2.05) is 0 Å². The van der Waals surface area contributed by atoms with Crippen LogP contribution < -0.4 is 5.32 Å². The molecule has 1 aromatic heterocycles. The molecular formula is C15H20N4O. The second-order valence-electron chi connectivity index (χ2n) is 5.48. The minimum absolute atomic E-state index is 0.413. The van der Waals surface area contributed by atoms with E-state index in [9.17, 15) is 0 Å². The van der Waals surface area contributed by atoms with Gasteiger partial charge in [-0.2, -0.15) is 5.26 Å². The maximum Gasteiger partial charge on any atom is 0.144 e. The lowest BCUT2D eigenvalue weighted by Crippen LogP contribution is -2.45. The molecule has 0 radical (unpaired) electrons. The van der Waals surface area contributed by atoms with Crippen molar-refractivity contribution in [1.82, 2.24) is 9.88 Å². The molecule has 3 rings (SSSR count). The SMILES string of the molecule is N#Cc1cccnc1NC1CCN(C2CCOC2)CC1. The Balaban J connectivity index is 1.54. The topological polar surface area (TPSA) is 61.2 Å². The fraction of sp³-hybridized carbons (Fsp3) is 0.600. The van der Waals surface area contributed by atoms with Crippen molar-refractivity contribution in [2.45, 2.75) is 31.3 Å². The van der Waals surface area contributed by atoms with Gasteiger partial charge >= 0.3 is 0 Å². The third kappa shape index (κ3) is 2.92. The number of pyridine rings is 1. The summed E-state index contributed by atoms with van der Waals surface area (Å²) < 4.78 is 5.46. The molecule has 1 unspecified atom stereocenters. The van der Waals surface area contributed by atoms with Crippen molar-refractivity contribution in [2.24, 2.45) is 0 Å². The van der Waals surface area contributed by atoms with Crippen LogP contribution in [0, 0.1) is 11.3 Å². The lowest BCUT2D eigenvalue weighted by Gasteiger charge is -2.35. The van der Waals surface area contributed by atoms with Crippen molar-refractivity contribution in [1.29, 1.82) is 5.26 Å². The Kier molecular flexibility index (Phi) is 4.14. The largest absolute Gasteiger partial charge is 0.380 e. The summed E-state index contributed by atoms with van der Waals surface area (Å²) >= 11 is 0. The summed E-state index contributed by atoms with van der Waals surface area (Å²) in [6, 6.07) is 6.81. The summed E-state index contributed by atoms with van der Waals surface area (Å²) in [7, 11) is 0. The minimum Gasteiger partial charge on any atom is -0.380 e. The van der Waals surface area contributed by atoms with Crippen LogP contribution in [0.4, 0.5) is 5.82 Å². The number of nitrogens with one attached hydrogen (secondary N) is 1. The molecule has 0 bridgehead atoms. The van der Waals surface area contributed by atoms with Crippen molar-refractivity contribution in [2.75, 3.05) is 31.6 Å². The lowest BCUT2D eigenvalue weighted by molar-refractivity contribution is 0.124. The molecule has 1 aromatic rings. The Labute approximate surface area is 119 Å². The zero-order chi connectivity index (χ0) is 13.8. The molecule has 3 heterocycles. The van der Waals surface area contributed by atoms with Gasteiger partial charge in [0.2, 0.25) is 0 Å². The predicted octanol–water partition coefficient (Wildman–Crippen LogP) is 1.62. The first-order chi connectivity index (χ1) is 9.86. The number of rotatable bonds is 3. The van der Waals surface area contributed by atoms with Crippen LogP contribution in [0.1, 0.15) is 24.8 Å². The molecule has 0 spiro atoms. The Hall–Kier alpha value is -1.64. The summed E-state index contributed by atoms with van der Waals surface area (Å²) in [5, 5.41) is 12.5. The molecule has 20 heavy (non-hydrogen) atoms. The van der Waals surface area contributed by atoms with Gasteiger partial charge in [0, 0.05) is 38.0 Å². The maximum absolute atomic E-state index is 9.08. The molecule has 0 saturated carbocycles. The number of ether oxygens (including phenoxy) is 1. The number of nitrogens with zero attached hydrogens (tertiary/aromatic N) is 3. The highest BCUT2D eigenvalue weighted by Crippen LogP contribution is 2.21. The molecule has 0 aromatic carbocycles. The van der Waals surface area contributed by atoms with E-state index in [-0.39, 0.29) is 0 Å². The Bertz CT molecular complexity index is 485. The van der Waals surface area contributed by atoms with Crippen molar-refractivity contribution >= 4 is 5.82 Å². The van der Waals surface area contributed by atoms with Gasteiger partial charge in [0.05, 0.1) is 12.2 Å². The number of likely N-dealkylation sites (tertiary alicyclic amines) is 1. The van der Waals surface area contributed by atoms with Crippen molar-refractivity contribution < 1.29 is 4.74 Å². The number of anilines is 1. The minimum atomic E-state index is 0.413. The molecule has 0 amide bonds. The quantitative estimate of drug-likeness (QED) is 0.906. The van der Waals surface area contributed by atoms with Crippen LogP contribution >= 0.6 is 0 Å². The summed E-state index contributed by atoms with van der Waals surface area (Å²) in [5.74, 6) is 0.720. The third-order valence-corrected chi connectivity index (χ3v) is 4.22. The van der Waals surface area contributed by atoms with Gasteiger partial charge in [0.1, 0.15) is 11.9 Å². The number of hydrogen-bond acceptors (Lipinski definition) is 5. The molecular weight excluding hydrogens is 252 g/mol. The lowest BCUT2D eigenvalue weighted by atomic mass is 10.0. The van der Waals surface area contributed by atoms with Gasteiger partial charge in [0.25, 0.3) is 0 Å². The Morgan fingerprint density at radius 1 is 1.35 bits per heavy atom. The van der Waals surface area contributed by atoms with Crippen LogP contribution in [-0.2, 0) is 4.74 Å². The van der Waals surface area contributed by atoms with Gasteiger partial charge in [-0.05, 0) is 31.4 Å². The van der Waals surface area contributed by atoms with Gasteiger partial charge in [-0.3, -0.25) is 4.90 Å². The van der Waals surface area contributed by atoms with Gasteiger partial charge in [-0.1, -0.05) is 0 Å². The van der Waals surface area contributed by atoms with Gasteiger partial charge in [-0.25, -0.2) is 4.98 Å². The van der Waals surface area contributed by atoms with Crippen LogP contribution in [0.25, 0.3) is 0 Å². The van der Waals surface area contributed by atoms with Crippen molar-refractivity contribution in [3.63, 3.8) is 0 Å². The fourth-order valence-electron chi connectivity index (χ4n) is 3.02. The molecule has 0 aliphatic carbocycles. The Morgan fingerprint density at radius 3 is 2.90 bits per heavy atom. The molecule has 2 aliphatic heterocycles. The first kappa shape index (κ1) is 13.3. The van der Waals surface area contributed by atoms with Gasteiger partial charge < -0.3 is 10.1 Å². The number of piperidine rings is 1. The molecule has 2 aliphatic rings. The van der Waals surface area contributed by atoms with Crippen LogP contribution in [-0.4, -0.2) is 48.3 Å². The van der Waals surface area contributed by atoms with E-state index in [2.05, 4.69) is 21.3 Å². The molecule has 1 atom stereocenters. The van der Waals surface area contributed by atoms with Crippen LogP contribution in [0.15, 0.2) is 18.3 Å². The molecule has 106 valence electrons. The van der Waals surface area contributed by atoms with Crippen LogP contribution in [0.3, 0.4) is 0 Å². The molecule has 1 N–H and O–H groups in total. The number of nitriles is 1. The average Bonchev–Trinajstić information content (AvgIpc) is 3.03.